The Morgan fingerprint density at radius 1 is 1.43 bits per heavy atom. The van der Waals surface area contributed by atoms with Crippen LogP contribution in [0, 0.1) is 5.41 Å². The van der Waals surface area contributed by atoms with Crippen LogP contribution < -0.4 is 5.32 Å². The van der Waals surface area contributed by atoms with Crippen LogP contribution in [0.3, 0.4) is 0 Å². The van der Waals surface area contributed by atoms with E-state index in [9.17, 15) is 4.79 Å². The van der Waals surface area contributed by atoms with Crippen molar-refractivity contribution in [3.8, 4) is 0 Å². The highest BCUT2D eigenvalue weighted by atomic mass is 16.6. The van der Waals surface area contributed by atoms with Gasteiger partial charge in [-0.15, -0.1) is 0 Å². The second-order valence-electron chi connectivity index (χ2n) is 5.06. The summed E-state index contributed by atoms with van der Waals surface area (Å²) in [7, 11) is 0. The molecular formula is C11H21NO2. The molecule has 0 amide bonds. The predicted octanol–water partition coefficient (Wildman–Crippen LogP) is 1.72. The Hall–Kier alpha value is -0.570. The van der Waals surface area contributed by atoms with Gasteiger partial charge in [-0.3, -0.25) is 4.79 Å². The SMILES string of the molecule is CCNCC1(C(=O)OC(C)(C)C)CC1. The van der Waals surface area contributed by atoms with E-state index in [-0.39, 0.29) is 17.0 Å². The van der Waals surface area contributed by atoms with Crippen molar-refractivity contribution in [3.05, 3.63) is 0 Å². The largest absolute Gasteiger partial charge is 0.460 e. The van der Waals surface area contributed by atoms with Crippen molar-refractivity contribution in [3.63, 3.8) is 0 Å². The van der Waals surface area contributed by atoms with E-state index in [1.54, 1.807) is 0 Å². The Balaban J connectivity index is 2.44. The number of hydrogen-bond acceptors (Lipinski definition) is 3. The zero-order valence-electron chi connectivity index (χ0n) is 9.64. The van der Waals surface area contributed by atoms with Gasteiger partial charge in [0.05, 0.1) is 5.41 Å². The lowest BCUT2D eigenvalue weighted by molar-refractivity contribution is -0.161. The second-order valence-corrected chi connectivity index (χ2v) is 5.06. The highest BCUT2D eigenvalue weighted by molar-refractivity contribution is 5.80. The van der Waals surface area contributed by atoms with Crippen LogP contribution in [0.5, 0.6) is 0 Å². The van der Waals surface area contributed by atoms with Gasteiger partial charge in [-0.25, -0.2) is 0 Å². The summed E-state index contributed by atoms with van der Waals surface area (Å²) >= 11 is 0. The van der Waals surface area contributed by atoms with Crippen molar-refractivity contribution in [2.75, 3.05) is 13.1 Å². The molecule has 1 fully saturated rings. The van der Waals surface area contributed by atoms with Crippen molar-refractivity contribution in [1.82, 2.24) is 5.32 Å². The van der Waals surface area contributed by atoms with E-state index >= 15 is 0 Å². The average molecular weight is 199 g/mol. The fraction of sp³-hybridized carbons (Fsp3) is 0.909. The van der Waals surface area contributed by atoms with Crippen LogP contribution in [0.1, 0.15) is 40.5 Å². The maximum Gasteiger partial charge on any atom is 0.313 e. The van der Waals surface area contributed by atoms with Crippen LogP contribution in [0.2, 0.25) is 0 Å². The summed E-state index contributed by atoms with van der Waals surface area (Å²) in [4.78, 5) is 11.8. The van der Waals surface area contributed by atoms with E-state index in [4.69, 9.17) is 4.74 Å². The summed E-state index contributed by atoms with van der Waals surface area (Å²) < 4.78 is 5.38. The summed E-state index contributed by atoms with van der Waals surface area (Å²) in [5.41, 5.74) is -0.567. The highest BCUT2D eigenvalue weighted by Gasteiger charge is 2.51. The van der Waals surface area contributed by atoms with Gasteiger partial charge in [0.15, 0.2) is 0 Å². The normalized spacial score (nSPS) is 19.1. The molecule has 82 valence electrons. The minimum Gasteiger partial charge on any atom is -0.460 e. The third-order valence-corrected chi connectivity index (χ3v) is 2.40. The van der Waals surface area contributed by atoms with Gasteiger partial charge < -0.3 is 10.1 Å². The van der Waals surface area contributed by atoms with Gasteiger partial charge >= 0.3 is 5.97 Å². The number of carbonyl (C=O) groups excluding carboxylic acids is 1. The molecule has 0 atom stereocenters. The van der Waals surface area contributed by atoms with Crippen molar-refractivity contribution in [2.24, 2.45) is 5.41 Å². The van der Waals surface area contributed by atoms with Crippen LogP contribution in [0.25, 0.3) is 0 Å². The van der Waals surface area contributed by atoms with E-state index < -0.39 is 0 Å². The zero-order chi connectivity index (χ0) is 10.8. The minimum atomic E-state index is -0.362. The summed E-state index contributed by atoms with van der Waals surface area (Å²) in [5.74, 6) is -0.0362. The first kappa shape index (κ1) is 11.5. The molecular weight excluding hydrogens is 178 g/mol. The number of ether oxygens (including phenoxy) is 1. The standard InChI is InChI=1S/C11H21NO2/c1-5-12-8-11(6-7-11)9(13)14-10(2,3)4/h12H,5-8H2,1-4H3. The Morgan fingerprint density at radius 3 is 2.36 bits per heavy atom. The van der Waals surface area contributed by atoms with Gasteiger partial charge in [0.25, 0.3) is 0 Å². The average Bonchev–Trinajstić information content (AvgIpc) is 2.78. The molecule has 1 aliphatic carbocycles. The van der Waals surface area contributed by atoms with E-state index in [1.807, 2.05) is 27.7 Å². The number of rotatable bonds is 4. The fourth-order valence-corrected chi connectivity index (χ4v) is 1.35. The Labute approximate surface area is 86.2 Å². The van der Waals surface area contributed by atoms with Crippen LogP contribution in [0.15, 0.2) is 0 Å². The van der Waals surface area contributed by atoms with Crippen LogP contribution in [0.4, 0.5) is 0 Å². The summed E-state index contributed by atoms with van der Waals surface area (Å²) in [5, 5.41) is 3.22. The van der Waals surface area contributed by atoms with E-state index in [1.165, 1.54) is 0 Å². The highest BCUT2D eigenvalue weighted by Crippen LogP contribution is 2.46. The molecule has 0 saturated heterocycles. The Kier molecular flexibility index (Phi) is 3.20. The van der Waals surface area contributed by atoms with Crippen LogP contribution in [-0.4, -0.2) is 24.7 Å². The van der Waals surface area contributed by atoms with Gasteiger partial charge in [-0.1, -0.05) is 6.92 Å². The molecule has 0 aromatic carbocycles. The van der Waals surface area contributed by atoms with Gasteiger partial charge in [-0.2, -0.15) is 0 Å². The summed E-state index contributed by atoms with van der Waals surface area (Å²) in [6.45, 7) is 9.45. The molecule has 3 heteroatoms. The topological polar surface area (TPSA) is 38.3 Å². The quantitative estimate of drug-likeness (QED) is 0.701. The number of carbonyl (C=O) groups is 1. The second kappa shape index (κ2) is 3.89. The molecule has 1 rings (SSSR count). The zero-order valence-corrected chi connectivity index (χ0v) is 9.64. The Morgan fingerprint density at radius 2 is 2.00 bits per heavy atom. The minimum absolute atomic E-state index is 0.0362. The predicted molar refractivity (Wildman–Crippen MR) is 56.1 cm³/mol. The Bertz CT molecular complexity index is 214. The number of nitrogens with one attached hydrogen (secondary N) is 1. The molecule has 0 unspecified atom stereocenters. The summed E-state index contributed by atoms with van der Waals surface area (Å²) in [6, 6.07) is 0. The first-order valence-corrected chi connectivity index (χ1v) is 5.34. The van der Waals surface area contributed by atoms with Crippen LogP contribution in [-0.2, 0) is 9.53 Å². The van der Waals surface area contributed by atoms with Gasteiger partial charge in [0.1, 0.15) is 5.60 Å². The molecule has 0 aromatic rings. The van der Waals surface area contributed by atoms with E-state index in [2.05, 4.69) is 5.32 Å². The van der Waals surface area contributed by atoms with Crippen molar-refractivity contribution >= 4 is 5.97 Å². The molecule has 0 spiro atoms. The summed E-state index contributed by atoms with van der Waals surface area (Å²) in [6.07, 6.45) is 1.93. The van der Waals surface area contributed by atoms with Crippen molar-refractivity contribution in [2.45, 2.75) is 46.1 Å². The van der Waals surface area contributed by atoms with Gasteiger partial charge in [0.2, 0.25) is 0 Å². The van der Waals surface area contributed by atoms with E-state index in [0.29, 0.717) is 0 Å². The third-order valence-electron chi connectivity index (χ3n) is 2.40. The molecule has 1 saturated carbocycles. The molecule has 1 N–H and O–H groups in total. The molecule has 14 heavy (non-hydrogen) atoms. The number of hydrogen-bond donors (Lipinski definition) is 1. The van der Waals surface area contributed by atoms with Crippen molar-refractivity contribution in [1.29, 1.82) is 0 Å². The molecule has 0 bridgehead atoms. The monoisotopic (exact) mass is 199 g/mol. The molecule has 0 aromatic heterocycles. The molecule has 0 aliphatic heterocycles. The molecule has 0 heterocycles. The molecule has 1 aliphatic rings. The molecule has 0 radical (unpaired) electrons. The van der Waals surface area contributed by atoms with E-state index in [0.717, 1.165) is 25.9 Å². The maximum absolute atomic E-state index is 11.8. The smallest absolute Gasteiger partial charge is 0.313 e. The lowest BCUT2D eigenvalue weighted by atomic mass is 10.1. The van der Waals surface area contributed by atoms with Gasteiger partial charge in [-0.05, 0) is 40.2 Å². The lowest BCUT2D eigenvalue weighted by Crippen LogP contribution is -2.35. The van der Waals surface area contributed by atoms with Gasteiger partial charge in [0, 0.05) is 6.54 Å². The lowest BCUT2D eigenvalue weighted by Gasteiger charge is -2.23. The van der Waals surface area contributed by atoms with Crippen molar-refractivity contribution < 1.29 is 9.53 Å². The third kappa shape index (κ3) is 2.98. The van der Waals surface area contributed by atoms with Crippen LogP contribution >= 0.6 is 0 Å². The fourth-order valence-electron chi connectivity index (χ4n) is 1.35. The first-order chi connectivity index (χ1) is 6.40. The maximum atomic E-state index is 11.8. The number of esters is 1. The molecule has 3 nitrogen and oxygen atoms in total. The first-order valence-electron chi connectivity index (χ1n) is 5.34.